The van der Waals surface area contributed by atoms with Crippen molar-refractivity contribution >= 4 is 11.8 Å². The molecule has 0 aromatic heterocycles. The molecule has 2 nitrogen and oxygen atoms in total. The third-order valence-corrected chi connectivity index (χ3v) is 4.81. The zero-order valence-corrected chi connectivity index (χ0v) is 13.5. The number of hydrogen-bond acceptors (Lipinski definition) is 3. The normalized spacial score (nSPS) is 18.1. The van der Waals surface area contributed by atoms with Gasteiger partial charge in [0.15, 0.2) is 0 Å². The molecule has 1 N–H and O–H groups in total. The first-order valence-electron chi connectivity index (χ1n) is 7.78. The molecule has 1 aliphatic heterocycles. The van der Waals surface area contributed by atoms with E-state index in [4.69, 9.17) is 4.74 Å². The van der Waals surface area contributed by atoms with Gasteiger partial charge in [-0.1, -0.05) is 19.1 Å². The molecule has 0 aliphatic carbocycles. The summed E-state index contributed by atoms with van der Waals surface area (Å²) in [5.41, 5.74) is 1.43. The largest absolute Gasteiger partial charge is 0.381 e. The molecular weight excluding hydrogens is 266 g/mol. The van der Waals surface area contributed by atoms with Gasteiger partial charge in [0.05, 0.1) is 0 Å². The highest BCUT2D eigenvalue weighted by molar-refractivity contribution is 7.98. The Morgan fingerprint density at radius 1 is 1.25 bits per heavy atom. The number of rotatable bonds is 7. The molecular formula is C17H27NOS. The van der Waals surface area contributed by atoms with Crippen molar-refractivity contribution in [3.8, 4) is 0 Å². The van der Waals surface area contributed by atoms with Crippen LogP contribution in [-0.4, -0.2) is 26.0 Å². The van der Waals surface area contributed by atoms with Crippen molar-refractivity contribution in [1.82, 2.24) is 5.32 Å². The van der Waals surface area contributed by atoms with Crippen LogP contribution in [0.2, 0.25) is 0 Å². The molecule has 1 heterocycles. The van der Waals surface area contributed by atoms with Gasteiger partial charge in [0, 0.05) is 24.2 Å². The van der Waals surface area contributed by atoms with Crippen LogP contribution in [0.25, 0.3) is 0 Å². The number of thioether (sulfide) groups is 1. The Bertz CT molecular complexity index is 373. The fraction of sp³-hybridized carbons (Fsp3) is 0.647. The number of hydrogen-bond donors (Lipinski definition) is 1. The van der Waals surface area contributed by atoms with Crippen molar-refractivity contribution in [2.45, 2.75) is 43.5 Å². The maximum absolute atomic E-state index is 5.48. The smallest absolute Gasteiger partial charge is 0.0468 e. The van der Waals surface area contributed by atoms with Crippen molar-refractivity contribution in [3.63, 3.8) is 0 Å². The second-order valence-corrected chi connectivity index (χ2v) is 6.45. The van der Waals surface area contributed by atoms with Crippen LogP contribution < -0.4 is 5.32 Å². The minimum absolute atomic E-state index is 0.494. The summed E-state index contributed by atoms with van der Waals surface area (Å²) in [7, 11) is 0. The number of ether oxygens (including phenoxy) is 1. The summed E-state index contributed by atoms with van der Waals surface area (Å²) in [4.78, 5) is 1.34. The summed E-state index contributed by atoms with van der Waals surface area (Å²) in [6.07, 6.45) is 6.99. The zero-order chi connectivity index (χ0) is 14.2. The Morgan fingerprint density at radius 3 is 2.55 bits per heavy atom. The molecule has 0 radical (unpaired) electrons. The third-order valence-electron chi connectivity index (χ3n) is 4.07. The van der Waals surface area contributed by atoms with Crippen LogP contribution in [0.3, 0.4) is 0 Å². The standard InChI is InChI=1S/C17H27NOS/c1-3-10-18-17(13-14-8-11-19-12-9-14)15-4-6-16(20-2)7-5-15/h4-7,14,17-18H,3,8-13H2,1-2H3. The van der Waals surface area contributed by atoms with E-state index >= 15 is 0 Å². The summed E-state index contributed by atoms with van der Waals surface area (Å²) in [6.45, 7) is 5.21. The summed E-state index contributed by atoms with van der Waals surface area (Å²) in [5, 5.41) is 3.72. The lowest BCUT2D eigenvalue weighted by Gasteiger charge is -2.27. The van der Waals surface area contributed by atoms with E-state index in [1.54, 1.807) is 11.8 Å². The van der Waals surface area contributed by atoms with Crippen LogP contribution in [0.5, 0.6) is 0 Å². The summed E-state index contributed by atoms with van der Waals surface area (Å²) < 4.78 is 5.48. The SMILES string of the molecule is CCCNC(CC1CCOCC1)c1ccc(SC)cc1. The van der Waals surface area contributed by atoms with E-state index in [1.165, 1.54) is 36.1 Å². The van der Waals surface area contributed by atoms with E-state index in [-0.39, 0.29) is 0 Å². The van der Waals surface area contributed by atoms with Crippen LogP contribution in [-0.2, 0) is 4.74 Å². The quantitative estimate of drug-likeness (QED) is 0.759. The molecule has 1 atom stereocenters. The van der Waals surface area contributed by atoms with Gasteiger partial charge in [0.1, 0.15) is 0 Å². The lowest BCUT2D eigenvalue weighted by Crippen LogP contribution is -2.27. The van der Waals surface area contributed by atoms with Crippen molar-refractivity contribution in [1.29, 1.82) is 0 Å². The molecule has 1 saturated heterocycles. The Morgan fingerprint density at radius 2 is 1.95 bits per heavy atom. The van der Waals surface area contributed by atoms with Gasteiger partial charge in [-0.25, -0.2) is 0 Å². The van der Waals surface area contributed by atoms with Crippen LogP contribution in [0, 0.1) is 5.92 Å². The average Bonchev–Trinajstić information content (AvgIpc) is 2.52. The Kier molecular flexibility index (Phi) is 6.91. The number of nitrogens with one attached hydrogen (secondary N) is 1. The topological polar surface area (TPSA) is 21.3 Å². The van der Waals surface area contributed by atoms with Crippen molar-refractivity contribution < 1.29 is 4.74 Å². The van der Waals surface area contributed by atoms with Gasteiger partial charge in [-0.15, -0.1) is 11.8 Å². The minimum atomic E-state index is 0.494. The predicted octanol–water partition coefficient (Wildman–Crippen LogP) is 4.27. The Hall–Kier alpha value is -0.510. The molecule has 20 heavy (non-hydrogen) atoms. The second kappa shape index (κ2) is 8.71. The first-order chi connectivity index (χ1) is 9.83. The van der Waals surface area contributed by atoms with Gasteiger partial charge in [-0.2, -0.15) is 0 Å². The molecule has 0 amide bonds. The van der Waals surface area contributed by atoms with Gasteiger partial charge in [-0.3, -0.25) is 0 Å². The van der Waals surface area contributed by atoms with Gasteiger partial charge < -0.3 is 10.1 Å². The lowest BCUT2D eigenvalue weighted by molar-refractivity contribution is 0.0605. The molecule has 0 saturated carbocycles. The third kappa shape index (κ3) is 4.80. The first-order valence-corrected chi connectivity index (χ1v) is 9.01. The predicted molar refractivity (Wildman–Crippen MR) is 87.4 cm³/mol. The molecule has 3 heteroatoms. The van der Waals surface area contributed by atoms with E-state index in [1.807, 2.05) is 0 Å². The minimum Gasteiger partial charge on any atom is -0.381 e. The maximum Gasteiger partial charge on any atom is 0.0468 e. The van der Waals surface area contributed by atoms with Crippen LogP contribution in [0.4, 0.5) is 0 Å². The lowest BCUT2D eigenvalue weighted by atomic mass is 9.89. The monoisotopic (exact) mass is 293 g/mol. The summed E-state index contributed by atoms with van der Waals surface area (Å²) in [6, 6.07) is 9.56. The highest BCUT2D eigenvalue weighted by Gasteiger charge is 2.20. The van der Waals surface area contributed by atoms with Crippen molar-refractivity contribution in [3.05, 3.63) is 29.8 Å². The molecule has 2 rings (SSSR count). The molecule has 1 aromatic rings. The maximum atomic E-state index is 5.48. The van der Waals surface area contributed by atoms with E-state index in [0.29, 0.717) is 6.04 Å². The van der Waals surface area contributed by atoms with Gasteiger partial charge >= 0.3 is 0 Å². The van der Waals surface area contributed by atoms with E-state index in [0.717, 1.165) is 25.7 Å². The van der Waals surface area contributed by atoms with Crippen molar-refractivity contribution in [2.75, 3.05) is 26.0 Å². The zero-order valence-electron chi connectivity index (χ0n) is 12.7. The van der Waals surface area contributed by atoms with E-state index < -0.39 is 0 Å². The summed E-state index contributed by atoms with van der Waals surface area (Å²) in [5.74, 6) is 0.804. The van der Waals surface area contributed by atoms with Gasteiger partial charge in [0.25, 0.3) is 0 Å². The molecule has 0 spiro atoms. The highest BCUT2D eigenvalue weighted by atomic mass is 32.2. The molecule has 1 aromatic carbocycles. The van der Waals surface area contributed by atoms with Crippen LogP contribution in [0.15, 0.2) is 29.2 Å². The van der Waals surface area contributed by atoms with Crippen molar-refractivity contribution in [2.24, 2.45) is 5.92 Å². The average molecular weight is 293 g/mol. The Balaban J connectivity index is 2.00. The van der Waals surface area contributed by atoms with Crippen LogP contribution in [0.1, 0.15) is 44.2 Å². The van der Waals surface area contributed by atoms with E-state index in [9.17, 15) is 0 Å². The molecule has 112 valence electrons. The molecule has 1 unspecified atom stereocenters. The molecule has 0 bridgehead atoms. The van der Waals surface area contributed by atoms with Crippen LogP contribution >= 0.6 is 11.8 Å². The van der Waals surface area contributed by atoms with E-state index in [2.05, 4.69) is 42.8 Å². The molecule has 1 aliphatic rings. The first kappa shape index (κ1) is 15.9. The fourth-order valence-electron chi connectivity index (χ4n) is 2.81. The number of benzene rings is 1. The van der Waals surface area contributed by atoms with Gasteiger partial charge in [0.2, 0.25) is 0 Å². The fourth-order valence-corrected chi connectivity index (χ4v) is 3.22. The van der Waals surface area contributed by atoms with Gasteiger partial charge in [-0.05, 0) is 62.1 Å². The Labute approximate surface area is 127 Å². The summed E-state index contributed by atoms with van der Waals surface area (Å²) >= 11 is 1.81. The molecule has 1 fully saturated rings. The second-order valence-electron chi connectivity index (χ2n) is 5.57. The highest BCUT2D eigenvalue weighted by Crippen LogP contribution is 2.28.